The van der Waals surface area contributed by atoms with Crippen molar-refractivity contribution in [3.05, 3.63) is 42.0 Å². The predicted octanol–water partition coefficient (Wildman–Crippen LogP) is 2.85. The van der Waals surface area contributed by atoms with Gasteiger partial charge in [-0.25, -0.2) is 0 Å². The molecule has 1 aromatic carbocycles. The Morgan fingerprint density at radius 3 is 2.80 bits per heavy atom. The molecule has 1 N–H and O–H groups in total. The first kappa shape index (κ1) is 14.8. The molecule has 3 heteroatoms. The summed E-state index contributed by atoms with van der Waals surface area (Å²) < 4.78 is 0. The molecule has 0 saturated carbocycles. The Hall–Kier alpha value is -1.61. The van der Waals surface area contributed by atoms with Crippen molar-refractivity contribution in [3.8, 4) is 0 Å². The van der Waals surface area contributed by atoms with Gasteiger partial charge in [0.25, 0.3) is 0 Å². The summed E-state index contributed by atoms with van der Waals surface area (Å²) >= 11 is 0. The van der Waals surface area contributed by atoms with Crippen LogP contribution in [0.1, 0.15) is 38.7 Å². The van der Waals surface area contributed by atoms with E-state index in [0.29, 0.717) is 6.42 Å². The lowest BCUT2D eigenvalue weighted by Crippen LogP contribution is -2.36. The molecule has 1 aliphatic rings. The van der Waals surface area contributed by atoms with Crippen molar-refractivity contribution in [1.29, 1.82) is 0 Å². The third-order valence-electron chi connectivity index (χ3n) is 3.84. The molecule has 20 heavy (non-hydrogen) atoms. The summed E-state index contributed by atoms with van der Waals surface area (Å²) in [6, 6.07) is 10.1. The van der Waals surface area contributed by atoms with Gasteiger partial charge in [0.15, 0.2) is 0 Å². The van der Waals surface area contributed by atoms with Crippen LogP contribution < -0.4 is 0 Å². The zero-order valence-electron chi connectivity index (χ0n) is 12.2. The van der Waals surface area contributed by atoms with Gasteiger partial charge in [0.05, 0.1) is 6.10 Å². The Morgan fingerprint density at radius 2 is 2.15 bits per heavy atom. The second kappa shape index (κ2) is 6.71. The predicted molar refractivity (Wildman–Crippen MR) is 81.1 cm³/mol. The minimum Gasteiger partial charge on any atom is -0.393 e. The number of hydrogen-bond donors (Lipinski definition) is 1. The SMILES string of the molecule is C/C(=C/C(=O)N1CCCC1CC(C)O)c1ccccc1. The molecule has 1 aromatic rings. The van der Waals surface area contributed by atoms with Gasteiger partial charge in [0, 0.05) is 18.7 Å². The Kier molecular flexibility index (Phi) is 4.96. The number of hydrogen-bond acceptors (Lipinski definition) is 2. The lowest BCUT2D eigenvalue weighted by molar-refractivity contribution is -0.127. The van der Waals surface area contributed by atoms with Gasteiger partial charge in [-0.15, -0.1) is 0 Å². The Labute approximate surface area is 120 Å². The molecule has 1 fully saturated rings. The molecule has 1 amide bonds. The minimum absolute atomic E-state index is 0.0644. The van der Waals surface area contributed by atoms with Gasteiger partial charge in [-0.2, -0.15) is 0 Å². The van der Waals surface area contributed by atoms with E-state index in [4.69, 9.17) is 0 Å². The van der Waals surface area contributed by atoms with E-state index >= 15 is 0 Å². The topological polar surface area (TPSA) is 40.5 Å². The number of carbonyl (C=O) groups excluding carboxylic acids is 1. The highest BCUT2D eigenvalue weighted by atomic mass is 16.3. The number of benzene rings is 1. The summed E-state index contributed by atoms with van der Waals surface area (Å²) in [6.45, 7) is 4.55. The summed E-state index contributed by atoms with van der Waals surface area (Å²) in [5.41, 5.74) is 2.06. The molecule has 0 spiro atoms. The second-order valence-corrected chi connectivity index (χ2v) is 5.61. The number of aliphatic hydroxyl groups is 1. The molecule has 1 saturated heterocycles. The van der Waals surface area contributed by atoms with Crippen molar-refractivity contribution in [2.45, 2.75) is 45.3 Å². The second-order valence-electron chi connectivity index (χ2n) is 5.61. The normalized spacial score (nSPS) is 21.1. The Bertz CT molecular complexity index is 479. The van der Waals surface area contributed by atoms with Crippen molar-refractivity contribution in [3.63, 3.8) is 0 Å². The highest BCUT2D eigenvalue weighted by molar-refractivity contribution is 5.95. The quantitative estimate of drug-likeness (QED) is 0.857. The van der Waals surface area contributed by atoms with E-state index in [-0.39, 0.29) is 18.1 Å². The molecule has 0 radical (unpaired) electrons. The van der Waals surface area contributed by atoms with E-state index in [1.54, 1.807) is 13.0 Å². The van der Waals surface area contributed by atoms with Crippen LogP contribution >= 0.6 is 0 Å². The van der Waals surface area contributed by atoms with Crippen molar-refractivity contribution in [2.24, 2.45) is 0 Å². The number of amides is 1. The van der Waals surface area contributed by atoms with Crippen molar-refractivity contribution < 1.29 is 9.90 Å². The standard InChI is InChI=1S/C17H23NO2/c1-13(15-7-4-3-5-8-15)11-17(20)18-10-6-9-16(18)12-14(2)19/h3-5,7-8,11,14,16,19H,6,9-10,12H2,1-2H3/b13-11-. The van der Waals surface area contributed by atoms with E-state index < -0.39 is 0 Å². The average molecular weight is 273 g/mol. The summed E-state index contributed by atoms with van der Waals surface area (Å²) in [5, 5.41) is 9.52. The first-order valence-corrected chi connectivity index (χ1v) is 7.30. The van der Waals surface area contributed by atoms with E-state index in [2.05, 4.69) is 0 Å². The number of rotatable bonds is 4. The molecular weight excluding hydrogens is 250 g/mol. The summed E-state index contributed by atoms with van der Waals surface area (Å²) in [7, 11) is 0. The van der Waals surface area contributed by atoms with E-state index in [0.717, 1.165) is 30.5 Å². The first-order chi connectivity index (χ1) is 9.58. The van der Waals surface area contributed by atoms with Crippen LogP contribution in [0, 0.1) is 0 Å². The van der Waals surface area contributed by atoms with Gasteiger partial charge in [-0.1, -0.05) is 30.3 Å². The molecule has 2 rings (SSSR count). The van der Waals surface area contributed by atoms with E-state index in [9.17, 15) is 9.90 Å². The monoisotopic (exact) mass is 273 g/mol. The van der Waals surface area contributed by atoms with Crippen LogP contribution in [0.2, 0.25) is 0 Å². The summed E-state index contributed by atoms with van der Waals surface area (Å²) in [6.07, 6.45) is 4.06. The molecule has 0 aromatic heterocycles. The number of nitrogens with zero attached hydrogens (tertiary/aromatic N) is 1. The maximum absolute atomic E-state index is 12.4. The highest BCUT2D eigenvalue weighted by Gasteiger charge is 2.28. The van der Waals surface area contributed by atoms with Crippen LogP contribution in [0.15, 0.2) is 36.4 Å². The maximum Gasteiger partial charge on any atom is 0.247 e. The molecule has 3 nitrogen and oxygen atoms in total. The van der Waals surface area contributed by atoms with Gasteiger partial charge in [0.2, 0.25) is 5.91 Å². The molecule has 1 heterocycles. The van der Waals surface area contributed by atoms with E-state index in [1.807, 2.05) is 42.2 Å². The lowest BCUT2D eigenvalue weighted by atomic mass is 10.1. The fourth-order valence-electron chi connectivity index (χ4n) is 2.82. The number of carbonyl (C=O) groups is 1. The van der Waals surface area contributed by atoms with Gasteiger partial charge >= 0.3 is 0 Å². The zero-order valence-corrected chi connectivity index (χ0v) is 12.2. The van der Waals surface area contributed by atoms with Crippen molar-refractivity contribution in [2.75, 3.05) is 6.54 Å². The number of likely N-dealkylation sites (tertiary alicyclic amines) is 1. The number of allylic oxidation sites excluding steroid dienone is 1. The molecule has 0 bridgehead atoms. The largest absolute Gasteiger partial charge is 0.393 e. The third-order valence-corrected chi connectivity index (χ3v) is 3.84. The van der Waals surface area contributed by atoms with Crippen LogP contribution in [0.5, 0.6) is 0 Å². The smallest absolute Gasteiger partial charge is 0.247 e. The van der Waals surface area contributed by atoms with Gasteiger partial charge < -0.3 is 10.0 Å². The van der Waals surface area contributed by atoms with E-state index in [1.165, 1.54) is 0 Å². The summed E-state index contributed by atoms with van der Waals surface area (Å²) in [5.74, 6) is 0.0644. The van der Waals surface area contributed by atoms with Crippen LogP contribution in [0.4, 0.5) is 0 Å². The van der Waals surface area contributed by atoms with Crippen LogP contribution in [-0.4, -0.2) is 34.6 Å². The number of aliphatic hydroxyl groups excluding tert-OH is 1. The lowest BCUT2D eigenvalue weighted by Gasteiger charge is -2.24. The summed E-state index contributed by atoms with van der Waals surface area (Å²) in [4.78, 5) is 14.3. The third kappa shape index (κ3) is 3.70. The molecule has 1 aliphatic heterocycles. The van der Waals surface area contributed by atoms with Gasteiger partial charge in [0.1, 0.15) is 0 Å². The van der Waals surface area contributed by atoms with Crippen molar-refractivity contribution >= 4 is 11.5 Å². The molecule has 2 atom stereocenters. The van der Waals surface area contributed by atoms with Crippen LogP contribution in [0.3, 0.4) is 0 Å². The molecular formula is C17H23NO2. The van der Waals surface area contributed by atoms with Gasteiger partial charge in [-0.3, -0.25) is 4.79 Å². The fourth-order valence-corrected chi connectivity index (χ4v) is 2.82. The molecule has 108 valence electrons. The van der Waals surface area contributed by atoms with Crippen molar-refractivity contribution in [1.82, 2.24) is 4.90 Å². The fraction of sp³-hybridized carbons (Fsp3) is 0.471. The average Bonchev–Trinajstić information content (AvgIpc) is 2.87. The Balaban J connectivity index is 2.07. The zero-order chi connectivity index (χ0) is 14.5. The minimum atomic E-state index is -0.354. The van der Waals surface area contributed by atoms with Gasteiger partial charge in [-0.05, 0) is 44.2 Å². The maximum atomic E-state index is 12.4. The molecule has 2 unspecified atom stereocenters. The first-order valence-electron chi connectivity index (χ1n) is 7.30. The molecule has 0 aliphatic carbocycles. The Morgan fingerprint density at radius 1 is 1.45 bits per heavy atom. The van der Waals surface area contributed by atoms with Crippen LogP contribution in [-0.2, 0) is 4.79 Å². The van der Waals surface area contributed by atoms with Crippen LogP contribution in [0.25, 0.3) is 5.57 Å². The highest BCUT2D eigenvalue weighted by Crippen LogP contribution is 2.23.